The maximum absolute atomic E-state index is 11.2. The van der Waals surface area contributed by atoms with Crippen molar-refractivity contribution >= 4 is 11.5 Å². The van der Waals surface area contributed by atoms with Gasteiger partial charge in [0.25, 0.3) is 0 Å². The Labute approximate surface area is 135 Å². The molecule has 2 aromatic rings. The minimum absolute atomic E-state index is 0.0317. The molecule has 0 spiro atoms. The molecule has 1 aliphatic carbocycles. The Hall–Kier alpha value is -2.43. The van der Waals surface area contributed by atoms with Crippen molar-refractivity contribution in [3.8, 4) is 0 Å². The lowest BCUT2D eigenvalue weighted by molar-refractivity contribution is -0.384. The molecule has 1 aliphatic rings. The molecular formula is C18H21N3O2. The molecule has 0 radical (unpaired) electrons. The second-order valence-corrected chi connectivity index (χ2v) is 6.06. The normalized spacial score (nSPS) is 16.7. The van der Waals surface area contributed by atoms with Gasteiger partial charge in [0.15, 0.2) is 0 Å². The van der Waals surface area contributed by atoms with Gasteiger partial charge in [0.1, 0.15) is 0 Å². The predicted octanol–water partition coefficient (Wildman–Crippen LogP) is 4.72. The van der Waals surface area contributed by atoms with Crippen LogP contribution < -0.4 is 5.32 Å². The first kappa shape index (κ1) is 15.5. The van der Waals surface area contributed by atoms with Crippen molar-refractivity contribution in [2.24, 2.45) is 5.92 Å². The van der Waals surface area contributed by atoms with E-state index in [9.17, 15) is 10.1 Å². The van der Waals surface area contributed by atoms with Crippen molar-refractivity contribution in [3.05, 3.63) is 64.3 Å². The van der Waals surface area contributed by atoms with Crippen LogP contribution in [0.2, 0.25) is 0 Å². The lowest BCUT2D eigenvalue weighted by Gasteiger charge is -2.31. The molecular weight excluding hydrogens is 290 g/mol. The first-order valence-electron chi connectivity index (χ1n) is 8.16. The Morgan fingerprint density at radius 2 is 1.83 bits per heavy atom. The van der Waals surface area contributed by atoms with Gasteiger partial charge in [-0.25, -0.2) is 4.98 Å². The SMILES string of the molecule is O=[N+]([O-])c1cccnc1NC(c1ccccc1)C1CCCCC1. The molecule has 0 amide bonds. The van der Waals surface area contributed by atoms with Gasteiger partial charge in [-0.1, -0.05) is 49.6 Å². The van der Waals surface area contributed by atoms with E-state index in [0.717, 1.165) is 12.8 Å². The van der Waals surface area contributed by atoms with Crippen molar-refractivity contribution in [2.45, 2.75) is 38.1 Å². The van der Waals surface area contributed by atoms with Crippen LogP contribution in [0.15, 0.2) is 48.7 Å². The quantitative estimate of drug-likeness (QED) is 0.640. The average Bonchev–Trinajstić information content (AvgIpc) is 2.61. The number of anilines is 1. The molecule has 0 saturated heterocycles. The lowest BCUT2D eigenvalue weighted by Crippen LogP contribution is -2.24. The van der Waals surface area contributed by atoms with Gasteiger partial charge in [0.2, 0.25) is 5.82 Å². The smallest absolute Gasteiger partial charge is 0.311 e. The highest BCUT2D eigenvalue weighted by Gasteiger charge is 2.27. The third-order valence-corrected chi connectivity index (χ3v) is 4.56. The molecule has 1 unspecified atom stereocenters. The van der Waals surface area contributed by atoms with E-state index in [0.29, 0.717) is 11.7 Å². The Bertz CT molecular complexity index is 654. The second-order valence-electron chi connectivity index (χ2n) is 6.06. The standard InChI is InChI=1S/C18H21N3O2/c22-21(23)16-12-7-13-19-18(16)20-17(14-8-3-1-4-9-14)15-10-5-2-6-11-15/h1,3-4,7-9,12-13,15,17H,2,5-6,10-11H2,(H,19,20). The fourth-order valence-electron chi connectivity index (χ4n) is 3.40. The Kier molecular flexibility index (Phi) is 4.86. The third-order valence-electron chi connectivity index (χ3n) is 4.56. The number of benzene rings is 1. The highest BCUT2D eigenvalue weighted by atomic mass is 16.6. The van der Waals surface area contributed by atoms with E-state index < -0.39 is 0 Å². The molecule has 120 valence electrons. The molecule has 3 rings (SSSR count). The van der Waals surface area contributed by atoms with Crippen LogP contribution in [0.25, 0.3) is 0 Å². The van der Waals surface area contributed by atoms with Crippen molar-refractivity contribution < 1.29 is 4.92 Å². The molecule has 0 bridgehead atoms. The monoisotopic (exact) mass is 311 g/mol. The Balaban J connectivity index is 1.91. The molecule has 1 N–H and O–H groups in total. The molecule has 1 fully saturated rings. The summed E-state index contributed by atoms with van der Waals surface area (Å²) in [5, 5.41) is 14.6. The van der Waals surface area contributed by atoms with Gasteiger partial charge in [-0.2, -0.15) is 0 Å². The lowest BCUT2D eigenvalue weighted by atomic mass is 9.81. The van der Waals surface area contributed by atoms with Gasteiger partial charge >= 0.3 is 5.69 Å². The molecule has 1 heterocycles. The first-order valence-corrected chi connectivity index (χ1v) is 8.16. The average molecular weight is 311 g/mol. The van der Waals surface area contributed by atoms with Crippen LogP contribution in [0, 0.1) is 16.0 Å². The maximum atomic E-state index is 11.2. The van der Waals surface area contributed by atoms with Crippen LogP contribution in [0.1, 0.15) is 43.7 Å². The summed E-state index contributed by atoms with van der Waals surface area (Å²) in [7, 11) is 0. The third kappa shape index (κ3) is 3.67. The molecule has 1 atom stereocenters. The van der Waals surface area contributed by atoms with E-state index >= 15 is 0 Å². The molecule has 5 heteroatoms. The minimum Gasteiger partial charge on any atom is -0.357 e. The highest BCUT2D eigenvalue weighted by Crippen LogP contribution is 2.37. The van der Waals surface area contributed by atoms with Gasteiger partial charge in [-0.3, -0.25) is 10.1 Å². The van der Waals surface area contributed by atoms with Crippen LogP contribution in [-0.2, 0) is 0 Å². The van der Waals surface area contributed by atoms with Gasteiger partial charge < -0.3 is 5.32 Å². The van der Waals surface area contributed by atoms with Crippen LogP contribution in [0.4, 0.5) is 11.5 Å². The summed E-state index contributed by atoms with van der Waals surface area (Å²) in [6, 6.07) is 13.3. The number of pyridine rings is 1. The van der Waals surface area contributed by atoms with Crippen LogP contribution in [0.3, 0.4) is 0 Å². The minimum atomic E-state index is -0.377. The summed E-state index contributed by atoms with van der Waals surface area (Å²) >= 11 is 0. The topological polar surface area (TPSA) is 68.1 Å². The zero-order valence-corrected chi connectivity index (χ0v) is 13.0. The Morgan fingerprint density at radius 1 is 1.09 bits per heavy atom. The molecule has 23 heavy (non-hydrogen) atoms. The molecule has 0 aliphatic heterocycles. The zero-order valence-electron chi connectivity index (χ0n) is 13.0. The summed E-state index contributed by atoms with van der Waals surface area (Å²) in [6.07, 6.45) is 7.61. The number of nitrogens with one attached hydrogen (secondary N) is 1. The summed E-state index contributed by atoms with van der Waals surface area (Å²) in [6.45, 7) is 0. The van der Waals surface area contributed by atoms with Gasteiger partial charge in [-0.05, 0) is 30.4 Å². The van der Waals surface area contributed by atoms with Gasteiger partial charge in [0, 0.05) is 12.3 Å². The molecule has 1 saturated carbocycles. The second kappa shape index (κ2) is 7.22. The molecule has 5 nitrogen and oxygen atoms in total. The van der Waals surface area contributed by atoms with Crippen molar-refractivity contribution in [3.63, 3.8) is 0 Å². The van der Waals surface area contributed by atoms with Crippen LogP contribution >= 0.6 is 0 Å². The number of nitro groups is 1. The summed E-state index contributed by atoms with van der Waals surface area (Å²) in [5.41, 5.74) is 1.20. The summed E-state index contributed by atoms with van der Waals surface area (Å²) < 4.78 is 0. The van der Waals surface area contributed by atoms with Gasteiger partial charge in [-0.15, -0.1) is 0 Å². The van der Waals surface area contributed by atoms with E-state index in [1.165, 1.54) is 30.9 Å². The Morgan fingerprint density at radius 3 is 2.52 bits per heavy atom. The van der Waals surface area contributed by atoms with E-state index in [1.54, 1.807) is 12.3 Å². The van der Waals surface area contributed by atoms with E-state index in [2.05, 4.69) is 22.4 Å². The zero-order chi connectivity index (χ0) is 16.1. The molecule has 1 aromatic heterocycles. The molecule has 1 aromatic carbocycles. The van der Waals surface area contributed by atoms with E-state index in [1.807, 2.05) is 18.2 Å². The van der Waals surface area contributed by atoms with E-state index in [4.69, 9.17) is 0 Å². The fraction of sp³-hybridized carbons (Fsp3) is 0.389. The van der Waals surface area contributed by atoms with Gasteiger partial charge in [0.05, 0.1) is 11.0 Å². The summed E-state index contributed by atoms with van der Waals surface area (Å²) in [5.74, 6) is 0.838. The number of hydrogen-bond acceptors (Lipinski definition) is 4. The van der Waals surface area contributed by atoms with Crippen molar-refractivity contribution in [2.75, 3.05) is 5.32 Å². The number of aromatic nitrogens is 1. The fourth-order valence-corrected chi connectivity index (χ4v) is 3.40. The van der Waals surface area contributed by atoms with Crippen LogP contribution in [0.5, 0.6) is 0 Å². The number of hydrogen-bond donors (Lipinski definition) is 1. The van der Waals surface area contributed by atoms with E-state index in [-0.39, 0.29) is 16.7 Å². The highest BCUT2D eigenvalue weighted by molar-refractivity contribution is 5.56. The maximum Gasteiger partial charge on any atom is 0.311 e. The van der Waals surface area contributed by atoms with Crippen molar-refractivity contribution in [1.82, 2.24) is 4.98 Å². The summed E-state index contributed by atoms with van der Waals surface area (Å²) in [4.78, 5) is 15.1. The first-order chi connectivity index (χ1) is 11.3. The predicted molar refractivity (Wildman–Crippen MR) is 90.3 cm³/mol. The van der Waals surface area contributed by atoms with Crippen LogP contribution in [-0.4, -0.2) is 9.91 Å². The number of nitrogens with zero attached hydrogens (tertiary/aromatic N) is 2. The van der Waals surface area contributed by atoms with Crippen molar-refractivity contribution in [1.29, 1.82) is 0 Å². The largest absolute Gasteiger partial charge is 0.357 e. The number of rotatable bonds is 5.